The smallest absolute Gasteiger partial charge is 0.329 e. The summed E-state index contributed by atoms with van der Waals surface area (Å²) < 4.78 is 10.7. The Morgan fingerprint density at radius 3 is 2.61 bits per heavy atom. The van der Waals surface area contributed by atoms with E-state index in [-0.39, 0.29) is 55.4 Å². The van der Waals surface area contributed by atoms with E-state index in [1.165, 1.54) is 6.92 Å². The van der Waals surface area contributed by atoms with Gasteiger partial charge >= 0.3 is 5.97 Å². The van der Waals surface area contributed by atoms with Crippen molar-refractivity contribution in [3.8, 4) is 5.75 Å². The molecule has 0 saturated heterocycles. The quantitative estimate of drug-likeness (QED) is 0.0455. The number of rotatable bonds is 22. The highest BCUT2D eigenvalue weighted by Gasteiger charge is 2.40. The minimum atomic E-state index is -1.00. The van der Waals surface area contributed by atoms with Crippen molar-refractivity contribution in [3.05, 3.63) is 51.6 Å². The number of nitrogens with zero attached hydrogens (tertiary/aromatic N) is 1. The molecule has 0 spiro atoms. The molecule has 1 aromatic rings. The zero-order valence-corrected chi connectivity index (χ0v) is 27.5. The van der Waals surface area contributed by atoms with Crippen LogP contribution < -0.4 is 10.1 Å². The minimum absolute atomic E-state index is 0.000266. The van der Waals surface area contributed by atoms with Gasteiger partial charge < -0.3 is 34.9 Å². The summed E-state index contributed by atoms with van der Waals surface area (Å²) in [6.07, 6.45) is 5.77. The standard InChI is InChI=1S/C31H45ClN2O11S/c1-21(35)33-27(31(40)43-15-6-7-16-45-34(41)42)20-46-30(39)12-5-3-2-4-11-25-26(29(38)18-28(25)37)14-13-23(36)19-44-24-10-8-9-22(32)17-24/h2,4,8-10,17,23,25-29,36-38H,3,5-7,11-16,18-20H2,1H3,(H,33,35)/b4-2-/t23-,25-,26-,27?,28+,29-/m1/s1. The Hall–Kier alpha value is -2.91. The van der Waals surface area contributed by atoms with Gasteiger partial charge in [0.2, 0.25) is 5.91 Å². The third-order valence-corrected chi connectivity index (χ3v) is 8.73. The second kappa shape index (κ2) is 21.8. The molecule has 1 amide bonds. The van der Waals surface area contributed by atoms with Gasteiger partial charge in [0, 0.05) is 24.1 Å². The molecule has 0 bridgehead atoms. The minimum Gasteiger partial charge on any atom is -0.491 e. The number of benzene rings is 1. The van der Waals surface area contributed by atoms with Crippen LogP contribution in [0.5, 0.6) is 5.75 Å². The number of amides is 1. The zero-order valence-electron chi connectivity index (χ0n) is 26.0. The molecule has 4 N–H and O–H groups in total. The fraction of sp³-hybridized carbons (Fsp3) is 0.645. The summed E-state index contributed by atoms with van der Waals surface area (Å²) in [5.74, 6) is -0.863. The lowest BCUT2D eigenvalue weighted by Crippen LogP contribution is -2.43. The van der Waals surface area contributed by atoms with Crippen LogP contribution in [0.3, 0.4) is 0 Å². The van der Waals surface area contributed by atoms with Crippen molar-refractivity contribution in [2.75, 3.05) is 25.6 Å². The normalized spacial score (nSPS) is 20.6. The van der Waals surface area contributed by atoms with Crippen LogP contribution in [0.4, 0.5) is 0 Å². The number of aliphatic hydroxyl groups excluding tert-OH is 3. The van der Waals surface area contributed by atoms with Gasteiger partial charge in [0.15, 0.2) is 5.12 Å². The number of hydrogen-bond acceptors (Lipinski definition) is 12. The lowest BCUT2D eigenvalue weighted by atomic mass is 9.86. The van der Waals surface area contributed by atoms with Crippen LogP contribution in [0.2, 0.25) is 5.02 Å². The highest BCUT2D eigenvalue weighted by atomic mass is 35.5. The Morgan fingerprint density at radius 1 is 1.15 bits per heavy atom. The lowest BCUT2D eigenvalue weighted by Gasteiger charge is -2.23. The molecule has 258 valence electrons. The number of allylic oxidation sites excluding steroid dienone is 2. The van der Waals surface area contributed by atoms with Gasteiger partial charge in [-0.3, -0.25) is 9.59 Å². The van der Waals surface area contributed by atoms with Crippen LogP contribution in [-0.2, 0) is 24.0 Å². The van der Waals surface area contributed by atoms with Crippen molar-refractivity contribution in [1.29, 1.82) is 0 Å². The van der Waals surface area contributed by atoms with E-state index in [4.69, 9.17) is 21.1 Å². The Balaban J connectivity index is 1.67. The Labute approximate surface area is 278 Å². The Bertz CT molecular complexity index is 1140. The van der Waals surface area contributed by atoms with Gasteiger partial charge in [-0.25, -0.2) is 4.79 Å². The zero-order chi connectivity index (χ0) is 33.9. The van der Waals surface area contributed by atoms with Crippen LogP contribution in [-0.4, -0.2) is 87.3 Å². The van der Waals surface area contributed by atoms with Gasteiger partial charge in [0.1, 0.15) is 18.4 Å². The Morgan fingerprint density at radius 2 is 1.89 bits per heavy atom. The van der Waals surface area contributed by atoms with Gasteiger partial charge in [-0.1, -0.05) is 41.6 Å². The van der Waals surface area contributed by atoms with E-state index in [2.05, 4.69) is 10.2 Å². The molecule has 1 aliphatic rings. The molecular formula is C31H45ClN2O11S. The number of ether oxygens (including phenoxy) is 2. The van der Waals surface area contributed by atoms with Crippen LogP contribution >= 0.6 is 23.4 Å². The van der Waals surface area contributed by atoms with Gasteiger partial charge in [0.25, 0.3) is 5.09 Å². The van der Waals surface area contributed by atoms with Crippen LogP contribution in [0.25, 0.3) is 0 Å². The van der Waals surface area contributed by atoms with Crippen LogP contribution in [0, 0.1) is 22.0 Å². The highest BCUT2D eigenvalue weighted by molar-refractivity contribution is 8.13. The molecule has 0 aromatic heterocycles. The number of aliphatic hydroxyl groups is 3. The molecule has 0 radical (unpaired) electrons. The number of hydrogen-bond donors (Lipinski definition) is 4. The topological polar surface area (TPSA) is 195 Å². The first-order valence-corrected chi connectivity index (χ1v) is 16.8. The predicted octanol–water partition coefficient (Wildman–Crippen LogP) is 3.63. The number of esters is 1. The first-order valence-electron chi connectivity index (χ1n) is 15.4. The summed E-state index contributed by atoms with van der Waals surface area (Å²) in [6, 6.07) is 5.91. The van der Waals surface area contributed by atoms with Crippen molar-refractivity contribution in [3.63, 3.8) is 0 Å². The average Bonchev–Trinajstić information content (AvgIpc) is 3.27. The molecular weight excluding hydrogens is 644 g/mol. The SMILES string of the molecule is CC(=O)NC(CSC(=O)CCC/C=C\C[C@@H]1[C@@H](CC[C@@H](O)COc2cccc(Cl)c2)[C@H](O)C[C@@H]1O)C(=O)OCCCCO[N+](=O)[O-]. The summed E-state index contributed by atoms with van der Waals surface area (Å²) in [5.41, 5.74) is 0. The van der Waals surface area contributed by atoms with Crippen molar-refractivity contribution >= 4 is 40.4 Å². The summed E-state index contributed by atoms with van der Waals surface area (Å²) in [6.45, 7) is 1.24. The largest absolute Gasteiger partial charge is 0.491 e. The first kappa shape index (κ1) is 39.3. The van der Waals surface area contributed by atoms with E-state index in [0.29, 0.717) is 55.7 Å². The number of halogens is 1. The van der Waals surface area contributed by atoms with Gasteiger partial charge in [-0.15, -0.1) is 10.1 Å². The number of unbranched alkanes of at least 4 members (excludes halogenated alkanes) is 2. The van der Waals surface area contributed by atoms with Crippen LogP contribution in [0.15, 0.2) is 36.4 Å². The van der Waals surface area contributed by atoms with Crippen molar-refractivity contribution in [2.45, 2.75) is 89.1 Å². The second-order valence-corrected chi connectivity index (χ2v) is 12.7. The van der Waals surface area contributed by atoms with E-state index in [1.807, 2.05) is 12.2 Å². The molecule has 1 unspecified atom stereocenters. The molecule has 1 fully saturated rings. The van der Waals surface area contributed by atoms with Crippen molar-refractivity contribution in [1.82, 2.24) is 5.32 Å². The molecule has 2 rings (SSSR count). The van der Waals surface area contributed by atoms with Crippen LogP contribution in [0.1, 0.15) is 64.7 Å². The van der Waals surface area contributed by atoms with E-state index < -0.39 is 41.3 Å². The molecule has 46 heavy (non-hydrogen) atoms. The maximum atomic E-state index is 12.4. The van der Waals surface area contributed by atoms with Crippen molar-refractivity contribution in [2.24, 2.45) is 11.8 Å². The average molecular weight is 689 g/mol. The number of thioether (sulfide) groups is 1. The maximum Gasteiger partial charge on any atom is 0.329 e. The molecule has 13 nitrogen and oxygen atoms in total. The maximum absolute atomic E-state index is 12.4. The molecule has 1 aliphatic carbocycles. The third-order valence-electron chi connectivity index (χ3n) is 7.47. The lowest BCUT2D eigenvalue weighted by molar-refractivity contribution is -0.757. The third kappa shape index (κ3) is 16.1. The summed E-state index contributed by atoms with van der Waals surface area (Å²) in [5, 5.41) is 43.6. The molecule has 15 heteroatoms. The Kier molecular flexibility index (Phi) is 18.6. The van der Waals surface area contributed by atoms with E-state index in [0.717, 1.165) is 11.8 Å². The summed E-state index contributed by atoms with van der Waals surface area (Å²) in [4.78, 5) is 50.6. The molecule has 6 atom stereocenters. The van der Waals surface area contributed by atoms with E-state index in [9.17, 15) is 39.8 Å². The molecule has 0 heterocycles. The fourth-order valence-corrected chi connectivity index (χ4v) is 6.18. The predicted molar refractivity (Wildman–Crippen MR) is 172 cm³/mol. The van der Waals surface area contributed by atoms with Gasteiger partial charge in [-0.05, 0) is 81.4 Å². The van der Waals surface area contributed by atoms with Crippen molar-refractivity contribution < 1.29 is 49.1 Å². The van der Waals surface area contributed by atoms with E-state index >= 15 is 0 Å². The molecule has 0 aliphatic heterocycles. The first-order chi connectivity index (χ1) is 22.0. The monoisotopic (exact) mass is 688 g/mol. The van der Waals surface area contributed by atoms with Gasteiger partial charge in [-0.2, -0.15) is 0 Å². The number of nitrogens with one attached hydrogen (secondary N) is 1. The molecule has 1 aromatic carbocycles. The van der Waals surface area contributed by atoms with Gasteiger partial charge in [0.05, 0.1) is 31.5 Å². The fourth-order valence-electron chi connectivity index (χ4n) is 5.14. The van der Waals surface area contributed by atoms with E-state index in [1.54, 1.807) is 24.3 Å². The number of carbonyl (C=O) groups excluding carboxylic acids is 3. The summed E-state index contributed by atoms with van der Waals surface area (Å²) >= 11 is 6.89. The summed E-state index contributed by atoms with van der Waals surface area (Å²) in [7, 11) is 0. The highest BCUT2D eigenvalue weighted by Crippen LogP contribution is 2.38. The molecule has 1 saturated carbocycles. The number of carbonyl (C=O) groups is 3. The second-order valence-electron chi connectivity index (χ2n) is 11.2.